The summed E-state index contributed by atoms with van der Waals surface area (Å²) in [6.45, 7) is 8.84. The molecule has 0 atom stereocenters. The van der Waals surface area contributed by atoms with Gasteiger partial charge < -0.3 is 15.2 Å². The Morgan fingerprint density at radius 2 is 1.90 bits per heavy atom. The monoisotopic (exact) mass is 286 g/mol. The average Bonchev–Trinajstić information content (AvgIpc) is 2.94. The minimum absolute atomic E-state index is 0.418. The molecular weight excluding hydrogens is 264 g/mol. The van der Waals surface area contributed by atoms with E-state index < -0.39 is 0 Å². The van der Waals surface area contributed by atoms with Crippen LogP contribution >= 0.6 is 0 Å². The Labute approximate surface area is 125 Å². The van der Waals surface area contributed by atoms with E-state index in [0.29, 0.717) is 11.9 Å². The molecule has 0 spiro atoms. The van der Waals surface area contributed by atoms with E-state index >= 15 is 0 Å². The third-order valence-electron chi connectivity index (χ3n) is 4.07. The standard InChI is InChI=1S/C16H22N4O/c1-12(2)19-6-8-20(9-7-19)14-5-3-4-13(10-14)15-11-16(17)18-21-15/h3-5,10-12H,6-9H2,1-2H3,(H2,17,18). The number of nitrogens with two attached hydrogens (primary N) is 1. The highest BCUT2D eigenvalue weighted by Crippen LogP contribution is 2.26. The van der Waals surface area contributed by atoms with Crippen LogP contribution in [0, 0.1) is 0 Å². The molecule has 21 heavy (non-hydrogen) atoms. The predicted molar refractivity (Wildman–Crippen MR) is 85.3 cm³/mol. The number of piperazine rings is 1. The van der Waals surface area contributed by atoms with Crippen LogP contribution in [0.25, 0.3) is 11.3 Å². The van der Waals surface area contributed by atoms with Crippen LogP contribution in [0.3, 0.4) is 0 Å². The van der Waals surface area contributed by atoms with Gasteiger partial charge >= 0.3 is 0 Å². The maximum Gasteiger partial charge on any atom is 0.169 e. The summed E-state index contributed by atoms with van der Waals surface area (Å²) in [7, 11) is 0. The van der Waals surface area contributed by atoms with Gasteiger partial charge in [-0.1, -0.05) is 17.3 Å². The molecule has 0 bridgehead atoms. The lowest BCUT2D eigenvalue weighted by atomic mass is 10.1. The number of anilines is 2. The minimum Gasteiger partial charge on any atom is -0.381 e. The van der Waals surface area contributed by atoms with Gasteiger partial charge in [0.25, 0.3) is 0 Å². The van der Waals surface area contributed by atoms with Crippen molar-refractivity contribution in [1.82, 2.24) is 10.1 Å². The van der Waals surface area contributed by atoms with Gasteiger partial charge in [0.15, 0.2) is 11.6 Å². The van der Waals surface area contributed by atoms with Gasteiger partial charge in [-0.05, 0) is 26.0 Å². The van der Waals surface area contributed by atoms with Crippen LogP contribution in [-0.2, 0) is 0 Å². The van der Waals surface area contributed by atoms with E-state index in [-0.39, 0.29) is 0 Å². The number of rotatable bonds is 3. The Hall–Kier alpha value is -2.01. The Morgan fingerprint density at radius 1 is 1.14 bits per heavy atom. The second-order valence-electron chi connectivity index (χ2n) is 5.78. The molecule has 1 aromatic heterocycles. The summed E-state index contributed by atoms with van der Waals surface area (Å²) >= 11 is 0. The van der Waals surface area contributed by atoms with Crippen LogP contribution in [0.15, 0.2) is 34.9 Å². The normalized spacial score (nSPS) is 16.6. The third kappa shape index (κ3) is 3.03. The molecule has 2 heterocycles. The molecule has 112 valence electrons. The molecule has 1 saturated heterocycles. The van der Waals surface area contributed by atoms with Crippen LogP contribution in [0.2, 0.25) is 0 Å². The van der Waals surface area contributed by atoms with E-state index in [2.05, 4.69) is 47.0 Å². The summed E-state index contributed by atoms with van der Waals surface area (Å²) in [5.74, 6) is 1.14. The van der Waals surface area contributed by atoms with Crippen molar-refractivity contribution in [3.05, 3.63) is 30.3 Å². The van der Waals surface area contributed by atoms with E-state index in [1.807, 2.05) is 6.07 Å². The van der Waals surface area contributed by atoms with Gasteiger partial charge in [0.05, 0.1) is 0 Å². The average molecular weight is 286 g/mol. The van der Waals surface area contributed by atoms with Crippen molar-refractivity contribution in [2.75, 3.05) is 36.8 Å². The SMILES string of the molecule is CC(C)N1CCN(c2cccc(-c3cc(N)no3)c2)CC1. The van der Waals surface area contributed by atoms with Crippen molar-refractivity contribution >= 4 is 11.5 Å². The van der Waals surface area contributed by atoms with Gasteiger partial charge in [0.1, 0.15) is 0 Å². The van der Waals surface area contributed by atoms with E-state index in [1.54, 1.807) is 6.07 Å². The zero-order valence-corrected chi connectivity index (χ0v) is 12.6. The maximum atomic E-state index is 5.62. The lowest BCUT2D eigenvalue weighted by Gasteiger charge is -2.38. The van der Waals surface area contributed by atoms with Gasteiger partial charge in [-0.15, -0.1) is 0 Å². The van der Waals surface area contributed by atoms with Crippen LogP contribution in [-0.4, -0.2) is 42.3 Å². The fourth-order valence-electron chi connectivity index (χ4n) is 2.78. The topological polar surface area (TPSA) is 58.5 Å². The van der Waals surface area contributed by atoms with Crippen molar-refractivity contribution in [3.63, 3.8) is 0 Å². The summed E-state index contributed by atoms with van der Waals surface area (Å²) in [6, 6.07) is 10.7. The van der Waals surface area contributed by atoms with Crippen molar-refractivity contribution in [2.45, 2.75) is 19.9 Å². The molecular formula is C16H22N4O. The van der Waals surface area contributed by atoms with Crippen LogP contribution in [0.1, 0.15) is 13.8 Å². The lowest BCUT2D eigenvalue weighted by molar-refractivity contribution is 0.209. The number of nitrogen functional groups attached to an aromatic ring is 1. The first kappa shape index (κ1) is 13.9. The molecule has 1 fully saturated rings. The number of benzene rings is 1. The first-order valence-corrected chi connectivity index (χ1v) is 7.45. The molecule has 0 aliphatic carbocycles. The summed E-state index contributed by atoms with van der Waals surface area (Å²) in [5, 5.41) is 3.75. The van der Waals surface area contributed by atoms with Gasteiger partial charge in [-0.25, -0.2) is 0 Å². The first-order valence-electron chi connectivity index (χ1n) is 7.45. The molecule has 1 aromatic carbocycles. The highest BCUT2D eigenvalue weighted by molar-refractivity contribution is 5.66. The molecule has 1 aliphatic heterocycles. The van der Waals surface area contributed by atoms with Crippen LogP contribution in [0.4, 0.5) is 11.5 Å². The predicted octanol–water partition coefficient (Wildman–Crippen LogP) is 2.45. The molecule has 0 radical (unpaired) electrons. The van der Waals surface area contributed by atoms with E-state index in [0.717, 1.165) is 37.5 Å². The van der Waals surface area contributed by atoms with E-state index in [1.165, 1.54) is 5.69 Å². The van der Waals surface area contributed by atoms with Gasteiger partial charge in [0.2, 0.25) is 0 Å². The van der Waals surface area contributed by atoms with Crippen LogP contribution < -0.4 is 10.6 Å². The van der Waals surface area contributed by atoms with Crippen LogP contribution in [0.5, 0.6) is 0 Å². The third-order valence-corrected chi connectivity index (χ3v) is 4.07. The van der Waals surface area contributed by atoms with Crippen molar-refractivity contribution in [2.24, 2.45) is 0 Å². The molecule has 1 aliphatic rings. The van der Waals surface area contributed by atoms with Gasteiger partial charge in [0, 0.05) is 49.5 Å². The molecule has 2 aromatic rings. The largest absolute Gasteiger partial charge is 0.381 e. The van der Waals surface area contributed by atoms with Crippen molar-refractivity contribution in [1.29, 1.82) is 0 Å². The number of hydrogen-bond donors (Lipinski definition) is 1. The molecule has 0 saturated carbocycles. The number of aromatic nitrogens is 1. The molecule has 5 heteroatoms. The Morgan fingerprint density at radius 3 is 2.52 bits per heavy atom. The highest BCUT2D eigenvalue weighted by Gasteiger charge is 2.19. The Balaban J connectivity index is 1.75. The van der Waals surface area contributed by atoms with Crippen molar-refractivity contribution < 1.29 is 4.52 Å². The second-order valence-corrected chi connectivity index (χ2v) is 5.78. The maximum absolute atomic E-state index is 5.62. The summed E-state index contributed by atoms with van der Waals surface area (Å²) in [6.07, 6.45) is 0. The number of hydrogen-bond acceptors (Lipinski definition) is 5. The van der Waals surface area contributed by atoms with Gasteiger partial charge in [-0.3, -0.25) is 4.90 Å². The van der Waals surface area contributed by atoms with Crippen molar-refractivity contribution in [3.8, 4) is 11.3 Å². The number of nitrogens with zero attached hydrogens (tertiary/aromatic N) is 3. The highest BCUT2D eigenvalue weighted by atomic mass is 16.5. The molecule has 3 rings (SSSR count). The second kappa shape index (κ2) is 5.77. The Bertz CT molecular complexity index is 600. The summed E-state index contributed by atoms with van der Waals surface area (Å²) < 4.78 is 5.24. The fourth-order valence-corrected chi connectivity index (χ4v) is 2.78. The zero-order chi connectivity index (χ0) is 14.8. The minimum atomic E-state index is 0.418. The van der Waals surface area contributed by atoms with E-state index in [9.17, 15) is 0 Å². The molecule has 2 N–H and O–H groups in total. The summed E-state index contributed by atoms with van der Waals surface area (Å²) in [5.41, 5.74) is 7.86. The molecule has 5 nitrogen and oxygen atoms in total. The first-order chi connectivity index (χ1) is 10.1. The lowest BCUT2D eigenvalue weighted by Crippen LogP contribution is -2.48. The van der Waals surface area contributed by atoms with E-state index in [4.69, 9.17) is 10.3 Å². The van der Waals surface area contributed by atoms with Gasteiger partial charge in [-0.2, -0.15) is 0 Å². The zero-order valence-electron chi connectivity index (χ0n) is 12.6. The quantitative estimate of drug-likeness (QED) is 0.939. The fraction of sp³-hybridized carbons (Fsp3) is 0.438. The molecule has 0 unspecified atom stereocenters. The summed E-state index contributed by atoms with van der Waals surface area (Å²) in [4.78, 5) is 4.93. The Kier molecular flexibility index (Phi) is 3.84. The smallest absolute Gasteiger partial charge is 0.169 e. The molecule has 0 amide bonds.